The predicted molar refractivity (Wildman–Crippen MR) is 262 cm³/mol. The SMILES string of the molecule is c1ccc(-c2cccc(-n3c4ccccc4c4cc(-c5ccc6c(c5)c5c(-c7ccccc7-c7ccccc7)cccc5n6-c5cccc(-c6ccccc6)c5)ccc43)c2)cc1. The molecule has 0 radical (unpaired) electrons. The number of nitrogens with zero attached hydrogens (tertiary/aromatic N) is 2. The third-order valence-corrected chi connectivity index (χ3v) is 12.5. The van der Waals surface area contributed by atoms with Gasteiger partial charge in [0.25, 0.3) is 0 Å². The Morgan fingerprint density at radius 2 is 0.629 bits per heavy atom. The first-order valence-corrected chi connectivity index (χ1v) is 21.3. The summed E-state index contributed by atoms with van der Waals surface area (Å²) in [7, 11) is 0. The summed E-state index contributed by atoms with van der Waals surface area (Å²) in [6.45, 7) is 0. The van der Waals surface area contributed by atoms with Crippen LogP contribution in [0.2, 0.25) is 0 Å². The van der Waals surface area contributed by atoms with Crippen LogP contribution in [0.1, 0.15) is 0 Å². The summed E-state index contributed by atoms with van der Waals surface area (Å²) in [5.41, 5.74) is 19.1. The van der Waals surface area contributed by atoms with Crippen LogP contribution in [0.3, 0.4) is 0 Å². The zero-order valence-corrected chi connectivity index (χ0v) is 34.0. The van der Waals surface area contributed by atoms with Crippen LogP contribution < -0.4 is 0 Å². The fourth-order valence-electron chi connectivity index (χ4n) is 9.68. The van der Waals surface area contributed by atoms with Crippen LogP contribution in [-0.4, -0.2) is 9.13 Å². The predicted octanol–water partition coefficient (Wildman–Crippen LogP) is 16.2. The topological polar surface area (TPSA) is 9.86 Å². The highest BCUT2D eigenvalue weighted by Crippen LogP contribution is 2.44. The second-order valence-corrected chi connectivity index (χ2v) is 16.1. The molecule has 0 bridgehead atoms. The molecule has 0 aliphatic heterocycles. The summed E-state index contributed by atoms with van der Waals surface area (Å²) < 4.78 is 4.87. The van der Waals surface area contributed by atoms with Gasteiger partial charge in [-0.1, -0.05) is 182 Å². The Bertz CT molecular complexity index is 3610. The number of rotatable bonds is 7. The number of fused-ring (bicyclic) bond motifs is 6. The first kappa shape index (κ1) is 35.7. The molecule has 2 nitrogen and oxygen atoms in total. The first-order valence-electron chi connectivity index (χ1n) is 21.3. The highest BCUT2D eigenvalue weighted by Gasteiger charge is 2.20. The third-order valence-electron chi connectivity index (χ3n) is 12.5. The van der Waals surface area contributed by atoms with E-state index in [0.29, 0.717) is 0 Å². The van der Waals surface area contributed by atoms with E-state index in [1.807, 2.05) is 0 Å². The van der Waals surface area contributed by atoms with Crippen LogP contribution >= 0.6 is 0 Å². The Balaban J connectivity index is 1.07. The van der Waals surface area contributed by atoms with E-state index in [4.69, 9.17) is 0 Å². The van der Waals surface area contributed by atoms with Crippen LogP contribution in [0.15, 0.2) is 243 Å². The number of benzene rings is 10. The molecule has 0 aliphatic carbocycles. The van der Waals surface area contributed by atoms with E-state index >= 15 is 0 Å². The molecule has 290 valence electrons. The fourth-order valence-corrected chi connectivity index (χ4v) is 9.68. The maximum absolute atomic E-state index is 2.45. The molecule has 12 aromatic rings. The molecule has 0 saturated carbocycles. The standard InChI is InChI=1S/C60H40N2/c1-4-17-41(18-5-1)44-23-14-25-48(37-44)61-56-31-13-12-29-52(56)54-39-46(33-35-57(54)61)47-34-36-58-55(40-47)60-53(51-28-11-10-27-50(51)43-21-8-3-9-22-43)30-16-32-59(60)62(58)49-26-15-24-45(38-49)42-19-6-2-7-20-42/h1-40H. The monoisotopic (exact) mass is 788 g/mol. The first-order chi connectivity index (χ1) is 30.8. The third kappa shape index (κ3) is 5.96. The maximum Gasteiger partial charge on any atom is 0.0547 e. The lowest BCUT2D eigenvalue weighted by molar-refractivity contribution is 1.18. The lowest BCUT2D eigenvalue weighted by Crippen LogP contribution is -1.95. The zero-order chi connectivity index (χ0) is 41.0. The van der Waals surface area contributed by atoms with Crippen molar-refractivity contribution < 1.29 is 0 Å². The second kappa shape index (κ2) is 14.8. The maximum atomic E-state index is 2.45. The van der Waals surface area contributed by atoms with Crippen molar-refractivity contribution in [2.45, 2.75) is 0 Å². The zero-order valence-electron chi connectivity index (χ0n) is 34.0. The van der Waals surface area contributed by atoms with Gasteiger partial charge in [-0.3, -0.25) is 0 Å². The molecule has 0 fully saturated rings. The number of hydrogen-bond donors (Lipinski definition) is 0. The smallest absolute Gasteiger partial charge is 0.0547 e. The highest BCUT2D eigenvalue weighted by molar-refractivity contribution is 6.18. The van der Waals surface area contributed by atoms with Gasteiger partial charge < -0.3 is 9.13 Å². The fraction of sp³-hybridized carbons (Fsp3) is 0. The van der Waals surface area contributed by atoms with Gasteiger partial charge in [0, 0.05) is 32.9 Å². The molecule has 62 heavy (non-hydrogen) atoms. The van der Waals surface area contributed by atoms with Gasteiger partial charge >= 0.3 is 0 Å². The average molecular weight is 789 g/mol. The average Bonchev–Trinajstić information content (AvgIpc) is 3.87. The van der Waals surface area contributed by atoms with Gasteiger partial charge in [0.2, 0.25) is 0 Å². The molecule has 10 aromatic carbocycles. The van der Waals surface area contributed by atoms with Gasteiger partial charge in [0.05, 0.1) is 22.1 Å². The molecule has 0 spiro atoms. The molecule has 0 N–H and O–H groups in total. The molecular formula is C60H40N2. The molecule has 0 saturated heterocycles. The van der Waals surface area contributed by atoms with E-state index in [1.54, 1.807) is 0 Å². The Morgan fingerprint density at radius 3 is 1.27 bits per heavy atom. The summed E-state index contributed by atoms with van der Waals surface area (Å²) in [6.07, 6.45) is 0. The molecular weight excluding hydrogens is 749 g/mol. The van der Waals surface area contributed by atoms with Crippen LogP contribution in [-0.2, 0) is 0 Å². The van der Waals surface area contributed by atoms with Gasteiger partial charge in [0.1, 0.15) is 0 Å². The van der Waals surface area contributed by atoms with E-state index < -0.39 is 0 Å². The van der Waals surface area contributed by atoms with E-state index in [-0.39, 0.29) is 0 Å². The number of para-hydroxylation sites is 1. The molecule has 0 atom stereocenters. The molecule has 2 heteroatoms. The van der Waals surface area contributed by atoms with Crippen molar-refractivity contribution in [2.75, 3.05) is 0 Å². The van der Waals surface area contributed by atoms with Crippen LogP contribution in [0.4, 0.5) is 0 Å². The van der Waals surface area contributed by atoms with E-state index in [9.17, 15) is 0 Å². The molecule has 0 aliphatic rings. The van der Waals surface area contributed by atoms with Crippen molar-refractivity contribution in [2.24, 2.45) is 0 Å². The molecule has 2 heterocycles. The minimum Gasteiger partial charge on any atom is -0.309 e. The van der Waals surface area contributed by atoms with Crippen molar-refractivity contribution in [3.63, 3.8) is 0 Å². The number of aromatic nitrogens is 2. The van der Waals surface area contributed by atoms with E-state index in [2.05, 4.69) is 252 Å². The minimum atomic E-state index is 1.14. The summed E-state index contributed by atoms with van der Waals surface area (Å²) >= 11 is 0. The lowest BCUT2D eigenvalue weighted by Gasteiger charge is -2.13. The van der Waals surface area contributed by atoms with Gasteiger partial charge in [-0.05, 0) is 116 Å². The Kier molecular flexibility index (Phi) is 8.53. The Hall–Kier alpha value is -8.20. The van der Waals surface area contributed by atoms with Crippen molar-refractivity contribution in [1.29, 1.82) is 0 Å². The molecule has 12 rings (SSSR count). The van der Waals surface area contributed by atoms with Crippen molar-refractivity contribution >= 4 is 43.6 Å². The Labute approximate surface area is 360 Å². The summed E-state index contributed by atoms with van der Waals surface area (Å²) in [5.74, 6) is 0. The van der Waals surface area contributed by atoms with Crippen molar-refractivity contribution in [1.82, 2.24) is 9.13 Å². The summed E-state index contributed by atoms with van der Waals surface area (Å²) in [4.78, 5) is 0. The lowest BCUT2D eigenvalue weighted by atomic mass is 9.91. The van der Waals surface area contributed by atoms with Gasteiger partial charge in [0.15, 0.2) is 0 Å². The summed E-state index contributed by atoms with van der Waals surface area (Å²) in [5, 5.41) is 4.95. The molecule has 0 amide bonds. The van der Waals surface area contributed by atoms with Crippen LogP contribution in [0, 0.1) is 0 Å². The van der Waals surface area contributed by atoms with Crippen LogP contribution in [0.5, 0.6) is 0 Å². The quantitative estimate of drug-likeness (QED) is 0.152. The van der Waals surface area contributed by atoms with Gasteiger partial charge in [-0.15, -0.1) is 0 Å². The van der Waals surface area contributed by atoms with Crippen LogP contribution in [0.25, 0.3) is 111 Å². The molecule has 0 unspecified atom stereocenters. The highest BCUT2D eigenvalue weighted by atomic mass is 15.0. The van der Waals surface area contributed by atoms with Crippen molar-refractivity contribution in [3.8, 4) is 67.0 Å². The Morgan fingerprint density at radius 1 is 0.210 bits per heavy atom. The minimum absolute atomic E-state index is 1.14. The van der Waals surface area contributed by atoms with E-state index in [1.165, 1.54) is 99.2 Å². The van der Waals surface area contributed by atoms with E-state index in [0.717, 1.165) is 11.4 Å². The van der Waals surface area contributed by atoms with Gasteiger partial charge in [-0.2, -0.15) is 0 Å². The summed E-state index contributed by atoms with van der Waals surface area (Å²) in [6, 6.07) is 88.4. The largest absolute Gasteiger partial charge is 0.309 e. The van der Waals surface area contributed by atoms with Crippen molar-refractivity contribution in [3.05, 3.63) is 243 Å². The molecule has 2 aromatic heterocycles. The van der Waals surface area contributed by atoms with Gasteiger partial charge in [-0.25, -0.2) is 0 Å². The number of hydrogen-bond acceptors (Lipinski definition) is 0. The normalized spacial score (nSPS) is 11.5. The second-order valence-electron chi connectivity index (χ2n) is 16.1.